The molecule has 1 aromatic heterocycles. The molecular formula is C10H14BrN3O4. The Kier molecular flexibility index (Phi) is 5.26. The number of halogens is 1. The lowest BCUT2D eigenvalue weighted by atomic mass is 10.1. The molecule has 1 aromatic rings. The van der Waals surface area contributed by atoms with E-state index in [2.05, 4.69) is 25.8 Å². The van der Waals surface area contributed by atoms with Gasteiger partial charge in [0.05, 0.1) is 18.4 Å². The van der Waals surface area contributed by atoms with Crippen LogP contribution < -0.4 is 0 Å². The van der Waals surface area contributed by atoms with Crippen LogP contribution in [0.15, 0.2) is 10.7 Å². The number of methoxy groups -OCH3 is 1. The van der Waals surface area contributed by atoms with Crippen LogP contribution in [-0.2, 0) is 9.53 Å². The zero-order chi connectivity index (χ0) is 13.7. The van der Waals surface area contributed by atoms with Crippen molar-refractivity contribution in [3.8, 4) is 0 Å². The minimum absolute atomic E-state index is 0.248. The van der Waals surface area contributed by atoms with Crippen molar-refractivity contribution in [1.29, 1.82) is 0 Å². The summed E-state index contributed by atoms with van der Waals surface area (Å²) in [5, 5.41) is 14.5. The minimum Gasteiger partial charge on any atom is -0.467 e. The molecule has 0 aliphatic rings. The average molecular weight is 320 g/mol. The van der Waals surface area contributed by atoms with Crippen molar-refractivity contribution >= 4 is 27.7 Å². The van der Waals surface area contributed by atoms with Crippen molar-refractivity contribution in [3.05, 3.63) is 20.8 Å². The summed E-state index contributed by atoms with van der Waals surface area (Å²) in [6, 6.07) is -0.625. The van der Waals surface area contributed by atoms with E-state index in [-0.39, 0.29) is 10.3 Å². The van der Waals surface area contributed by atoms with Crippen molar-refractivity contribution in [3.63, 3.8) is 0 Å². The Morgan fingerprint density at radius 2 is 2.39 bits per heavy atom. The van der Waals surface area contributed by atoms with Crippen molar-refractivity contribution < 1.29 is 14.5 Å². The van der Waals surface area contributed by atoms with Gasteiger partial charge in [-0.05, 0) is 27.3 Å². The van der Waals surface area contributed by atoms with E-state index in [0.717, 1.165) is 12.8 Å². The predicted octanol–water partition coefficient (Wildman–Crippen LogP) is 2.46. The van der Waals surface area contributed by atoms with Crippen LogP contribution in [0.5, 0.6) is 0 Å². The monoisotopic (exact) mass is 319 g/mol. The van der Waals surface area contributed by atoms with Crippen molar-refractivity contribution in [1.82, 2.24) is 9.78 Å². The summed E-state index contributed by atoms with van der Waals surface area (Å²) < 4.78 is 6.22. The molecule has 8 heteroatoms. The molecule has 18 heavy (non-hydrogen) atoms. The largest absolute Gasteiger partial charge is 0.467 e. The second-order valence-corrected chi connectivity index (χ2v) is 4.57. The maximum atomic E-state index is 11.6. The summed E-state index contributed by atoms with van der Waals surface area (Å²) in [6.07, 6.45) is 3.69. The molecular weight excluding hydrogens is 306 g/mol. The van der Waals surface area contributed by atoms with Gasteiger partial charge in [-0.15, -0.1) is 0 Å². The molecule has 1 rings (SSSR count). The molecule has 7 nitrogen and oxygen atoms in total. The topological polar surface area (TPSA) is 87.3 Å². The second kappa shape index (κ2) is 6.48. The molecule has 0 spiro atoms. The highest BCUT2D eigenvalue weighted by Gasteiger charge is 2.28. The van der Waals surface area contributed by atoms with Gasteiger partial charge in [0.1, 0.15) is 4.47 Å². The van der Waals surface area contributed by atoms with Crippen LogP contribution in [-0.4, -0.2) is 27.8 Å². The number of rotatable bonds is 6. The van der Waals surface area contributed by atoms with Gasteiger partial charge in [0.25, 0.3) is 0 Å². The number of aromatic nitrogens is 2. The highest BCUT2D eigenvalue weighted by Crippen LogP contribution is 2.26. The van der Waals surface area contributed by atoms with E-state index < -0.39 is 16.9 Å². The fraction of sp³-hybridized carbons (Fsp3) is 0.600. The molecule has 0 aliphatic heterocycles. The van der Waals surface area contributed by atoms with Gasteiger partial charge in [-0.3, -0.25) is 0 Å². The fourth-order valence-electron chi connectivity index (χ4n) is 1.53. The molecule has 0 bridgehead atoms. The van der Waals surface area contributed by atoms with Crippen LogP contribution in [0.4, 0.5) is 5.82 Å². The zero-order valence-corrected chi connectivity index (χ0v) is 11.7. The number of carbonyl (C=O) groups is 1. The molecule has 0 N–H and O–H groups in total. The van der Waals surface area contributed by atoms with Gasteiger partial charge in [-0.2, -0.15) is 4.68 Å². The quantitative estimate of drug-likeness (QED) is 0.456. The second-order valence-electron chi connectivity index (χ2n) is 3.72. The lowest BCUT2D eigenvalue weighted by Crippen LogP contribution is -2.21. The molecule has 0 amide bonds. The van der Waals surface area contributed by atoms with Crippen LogP contribution in [0.25, 0.3) is 0 Å². The third kappa shape index (κ3) is 3.28. The first-order chi connectivity index (χ1) is 8.51. The van der Waals surface area contributed by atoms with Gasteiger partial charge in [-0.1, -0.05) is 19.8 Å². The number of unbranched alkanes of at least 4 members (excludes halogenated alkanes) is 1. The van der Waals surface area contributed by atoms with E-state index in [1.165, 1.54) is 18.0 Å². The van der Waals surface area contributed by atoms with Gasteiger partial charge in [0.2, 0.25) is 0 Å². The van der Waals surface area contributed by atoms with Gasteiger partial charge in [0.15, 0.2) is 6.04 Å². The number of nitrogens with zero attached hydrogens (tertiary/aromatic N) is 3. The third-order valence-corrected chi connectivity index (χ3v) is 3.03. The van der Waals surface area contributed by atoms with E-state index in [0.29, 0.717) is 6.42 Å². The lowest BCUT2D eigenvalue weighted by Gasteiger charge is -2.11. The van der Waals surface area contributed by atoms with Crippen molar-refractivity contribution in [2.45, 2.75) is 32.2 Å². The van der Waals surface area contributed by atoms with Gasteiger partial charge in [-0.25, -0.2) is 4.79 Å². The lowest BCUT2D eigenvalue weighted by molar-refractivity contribution is -0.390. The fourth-order valence-corrected chi connectivity index (χ4v) is 1.97. The molecule has 1 atom stereocenters. The Morgan fingerprint density at radius 3 is 2.83 bits per heavy atom. The number of hydrogen-bond donors (Lipinski definition) is 0. The molecule has 1 unspecified atom stereocenters. The standard InChI is InChI=1S/C10H14BrN3O4/c1-3-4-5-8(10(15)18-2)13-6-7(11)9(12-13)14(16)17/h6,8H,3-5H2,1-2H3. The van der Waals surface area contributed by atoms with Crippen LogP contribution in [0.3, 0.4) is 0 Å². The number of carbonyl (C=O) groups excluding carboxylic acids is 1. The predicted molar refractivity (Wildman–Crippen MR) is 67.2 cm³/mol. The summed E-state index contributed by atoms with van der Waals surface area (Å²) in [5.41, 5.74) is 0. The highest BCUT2D eigenvalue weighted by atomic mass is 79.9. The normalized spacial score (nSPS) is 12.2. The summed E-state index contributed by atoms with van der Waals surface area (Å²) in [7, 11) is 1.29. The van der Waals surface area contributed by atoms with E-state index in [1.807, 2.05) is 6.92 Å². The highest BCUT2D eigenvalue weighted by molar-refractivity contribution is 9.10. The molecule has 0 radical (unpaired) electrons. The number of nitro groups is 1. The Balaban J connectivity index is 3.01. The Hall–Kier alpha value is -1.44. The number of hydrogen-bond acceptors (Lipinski definition) is 5. The van der Waals surface area contributed by atoms with Crippen molar-refractivity contribution in [2.75, 3.05) is 7.11 Å². The first-order valence-corrected chi connectivity index (χ1v) is 6.27. The van der Waals surface area contributed by atoms with Gasteiger partial charge in [0, 0.05) is 0 Å². The van der Waals surface area contributed by atoms with E-state index in [1.54, 1.807) is 0 Å². The number of esters is 1. The maximum Gasteiger partial charge on any atom is 0.404 e. The minimum atomic E-state index is -0.625. The Morgan fingerprint density at radius 1 is 1.72 bits per heavy atom. The van der Waals surface area contributed by atoms with E-state index in [4.69, 9.17) is 0 Å². The number of ether oxygens (including phenoxy) is 1. The first kappa shape index (κ1) is 14.6. The summed E-state index contributed by atoms with van der Waals surface area (Å²) in [5.74, 6) is -0.756. The summed E-state index contributed by atoms with van der Waals surface area (Å²) in [4.78, 5) is 21.7. The first-order valence-electron chi connectivity index (χ1n) is 5.48. The average Bonchev–Trinajstić information content (AvgIpc) is 2.71. The molecule has 0 aromatic carbocycles. The van der Waals surface area contributed by atoms with Crippen LogP contribution >= 0.6 is 15.9 Å². The maximum absolute atomic E-state index is 11.6. The molecule has 0 fully saturated rings. The molecule has 0 saturated carbocycles. The molecule has 1 heterocycles. The third-order valence-electron chi connectivity index (χ3n) is 2.47. The van der Waals surface area contributed by atoms with E-state index >= 15 is 0 Å². The Bertz CT molecular complexity index is 446. The van der Waals surface area contributed by atoms with Crippen LogP contribution in [0, 0.1) is 10.1 Å². The summed E-state index contributed by atoms with van der Waals surface area (Å²) in [6.45, 7) is 2.00. The van der Waals surface area contributed by atoms with E-state index in [9.17, 15) is 14.9 Å². The molecule has 0 saturated heterocycles. The molecule has 100 valence electrons. The smallest absolute Gasteiger partial charge is 0.404 e. The molecule has 0 aliphatic carbocycles. The zero-order valence-electron chi connectivity index (χ0n) is 10.1. The van der Waals surface area contributed by atoms with Gasteiger partial charge >= 0.3 is 11.8 Å². The van der Waals surface area contributed by atoms with Crippen molar-refractivity contribution in [2.24, 2.45) is 0 Å². The Labute approximate surface area is 112 Å². The van der Waals surface area contributed by atoms with Crippen LogP contribution in [0.2, 0.25) is 0 Å². The SMILES string of the molecule is CCCCC(C(=O)OC)n1cc(Br)c([N+](=O)[O-])n1. The summed E-state index contributed by atoms with van der Waals surface area (Å²) >= 11 is 3.05. The van der Waals surface area contributed by atoms with Gasteiger partial charge < -0.3 is 14.9 Å². The van der Waals surface area contributed by atoms with Crippen LogP contribution in [0.1, 0.15) is 32.2 Å².